The highest BCUT2D eigenvalue weighted by Gasteiger charge is 2.32. The minimum Gasteiger partial charge on any atom is -0.297 e. The Hall–Kier alpha value is -2.12. The van der Waals surface area contributed by atoms with Gasteiger partial charge in [0.2, 0.25) is 0 Å². The van der Waals surface area contributed by atoms with Gasteiger partial charge in [0, 0.05) is 32.7 Å². The lowest BCUT2D eigenvalue weighted by atomic mass is 9.95. The molecule has 28 heavy (non-hydrogen) atoms. The van der Waals surface area contributed by atoms with Crippen molar-refractivity contribution in [3.63, 3.8) is 0 Å². The molecule has 1 aliphatic carbocycles. The van der Waals surface area contributed by atoms with Crippen LogP contribution in [0.5, 0.6) is 0 Å². The molecular formula is C21H29FN6. The summed E-state index contributed by atoms with van der Waals surface area (Å²) < 4.78 is 15.6. The van der Waals surface area contributed by atoms with Crippen molar-refractivity contribution >= 4 is 0 Å². The van der Waals surface area contributed by atoms with Gasteiger partial charge in [-0.3, -0.25) is 9.80 Å². The predicted molar refractivity (Wildman–Crippen MR) is 106 cm³/mol. The Balaban J connectivity index is 1.64. The summed E-state index contributed by atoms with van der Waals surface area (Å²) in [6, 6.07) is 7.12. The highest BCUT2D eigenvalue weighted by Crippen LogP contribution is 2.33. The Bertz CT molecular complexity index is 759. The third kappa shape index (κ3) is 4.15. The molecule has 4 rings (SSSR count). The number of rotatable bonds is 6. The first-order valence-electron chi connectivity index (χ1n) is 10.4. The number of nitrogens with zero attached hydrogens (tertiary/aromatic N) is 6. The van der Waals surface area contributed by atoms with E-state index in [0.717, 1.165) is 57.0 Å². The van der Waals surface area contributed by atoms with Gasteiger partial charge >= 0.3 is 0 Å². The van der Waals surface area contributed by atoms with E-state index < -0.39 is 0 Å². The molecule has 0 bridgehead atoms. The van der Waals surface area contributed by atoms with Crippen LogP contribution in [0, 0.1) is 5.82 Å². The Kier molecular flexibility index (Phi) is 6.12. The number of hydrogen-bond acceptors (Lipinski definition) is 5. The van der Waals surface area contributed by atoms with Gasteiger partial charge in [-0.05, 0) is 41.0 Å². The van der Waals surface area contributed by atoms with Crippen LogP contribution in [0.3, 0.4) is 0 Å². The maximum absolute atomic E-state index is 13.6. The molecule has 1 aliphatic heterocycles. The van der Waals surface area contributed by atoms with Crippen molar-refractivity contribution in [2.75, 3.05) is 32.7 Å². The van der Waals surface area contributed by atoms with Crippen molar-refractivity contribution in [3.05, 3.63) is 54.1 Å². The Labute approximate surface area is 166 Å². The Morgan fingerprint density at radius 1 is 1.07 bits per heavy atom. The fourth-order valence-electron chi connectivity index (χ4n) is 4.52. The molecule has 1 atom stereocenters. The minimum atomic E-state index is -0.217. The zero-order valence-corrected chi connectivity index (χ0v) is 16.4. The molecule has 1 saturated heterocycles. The average molecular weight is 385 g/mol. The number of aromatic nitrogens is 4. The van der Waals surface area contributed by atoms with Crippen LogP contribution in [-0.4, -0.2) is 62.7 Å². The van der Waals surface area contributed by atoms with Crippen LogP contribution in [0.1, 0.15) is 55.6 Å². The third-order valence-electron chi connectivity index (χ3n) is 6.03. The molecule has 1 saturated carbocycles. The molecule has 2 aliphatic rings. The number of piperazine rings is 1. The van der Waals surface area contributed by atoms with E-state index in [1.165, 1.54) is 31.4 Å². The fourth-order valence-corrected chi connectivity index (χ4v) is 4.52. The van der Waals surface area contributed by atoms with Crippen LogP contribution in [0.2, 0.25) is 0 Å². The van der Waals surface area contributed by atoms with Gasteiger partial charge in [-0.1, -0.05) is 37.5 Å². The van der Waals surface area contributed by atoms with Gasteiger partial charge in [0.1, 0.15) is 5.82 Å². The number of benzene rings is 1. The molecule has 1 aromatic carbocycles. The van der Waals surface area contributed by atoms with Gasteiger partial charge in [-0.2, -0.15) is 0 Å². The van der Waals surface area contributed by atoms with Crippen LogP contribution in [0.4, 0.5) is 4.39 Å². The molecule has 6 nitrogen and oxygen atoms in total. The molecule has 7 heteroatoms. The Morgan fingerprint density at radius 2 is 1.79 bits per heavy atom. The lowest BCUT2D eigenvalue weighted by Gasteiger charge is -2.39. The van der Waals surface area contributed by atoms with Crippen molar-refractivity contribution in [2.45, 2.75) is 44.2 Å². The minimum absolute atomic E-state index is 0.0524. The topological polar surface area (TPSA) is 50.1 Å². The molecule has 0 radical (unpaired) electrons. The quantitative estimate of drug-likeness (QED) is 0.716. The van der Waals surface area contributed by atoms with E-state index in [0.29, 0.717) is 6.04 Å². The number of hydrogen-bond donors (Lipinski definition) is 0. The second kappa shape index (κ2) is 8.92. The molecule has 1 aromatic heterocycles. The van der Waals surface area contributed by atoms with Gasteiger partial charge in [0.15, 0.2) is 5.82 Å². The smallest absolute Gasteiger partial charge is 0.173 e. The lowest BCUT2D eigenvalue weighted by Crippen LogP contribution is -2.48. The lowest BCUT2D eigenvalue weighted by molar-refractivity contribution is 0.111. The van der Waals surface area contributed by atoms with Crippen molar-refractivity contribution in [1.82, 2.24) is 30.0 Å². The Morgan fingerprint density at radius 3 is 2.46 bits per heavy atom. The van der Waals surface area contributed by atoms with E-state index in [9.17, 15) is 4.39 Å². The molecule has 150 valence electrons. The van der Waals surface area contributed by atoms with Gasteiger partial charge < -0.3 is 0 Å². The maximum atomic E-state index is 13.6. The van der Waals surface area contributed by atoms with Gasteiger partial charge in [-0.15, -0.1) is 11.7 Å². The molecule has 2 fully saturated rings. The fraction of sp³-hybridized carbons (Fsp3) is 0.571. The predicted octanol–water partition coefficient (Wildman–Crippen LogP) is 3.21. The zero-order valence-electron chi connectivity index (χ0n) is 16.4. The van der Waals surface area contributed by atoms with Crippen molar-refractivity contribution in [3.8, 4) is 0 Å². The summed E-state index contributed by atoms with van der Waals surface area (Å²) >= 11 is 0. The van der Waals surface area contributed by atoms with E-state index in [1.54, 1.807) is 0 Å². The maximum Gasteiger partial charge on any atom is 0.173 e. The van der Waals surface area contributed by atoms with E-state index in [4.69, 9.17) is 0 Å². The second-order valence-electron chi connectivity index (χ2n) is 7.85. The molecular weight excluding hydrogens is 355 g/mol. The molecule has 0 spiro atoms. The van der Waals surface area contributed by atoms with E-state index >= 15 is 0 Å². The van der Waals surface area contributed by atoms with Crippen LogP contribution in [-0.2, 0) is 0 Å². The van der Waals surface area contributed by atoms with E-state index in [1.807, 2.05) is 22.9 Å². The monoisotopic (exact) mass is 384 g/mol. The van der Waals surface area contributed by atoms with Crippen molar-refractivity contribution in [1.29, 1.82) is 0 Å². The van der Waals surface area contributed by atoms with E-state index in [-0.39, 0.29) is 11.9 Å². The van der Waals surface area contributed by atoms with Crippen LogP contribution >= 0.6 is 0 Å². The summed E-state index contributed by atoms with van der Waals surface area (Å²) in [5.74, 6) is 0.667. The standard InChI is InChI=1S/C21H29FN6/c1-2-12-26-13-15-27(16-14-26)20(17-8-10-18(22)11-9-17)21-23-24-25-28(21)19-6-4-3-5-7-19/h2,8-11,19-20H,1,3-7,12-16H2/t20-/m1/s1. The second-order valence-corrected chi connectivity index (χ2v) is 7.85. The first-order valence-corrected chi connectivity index (χ1v) is 10.4. The molecule has 2 heterocycles. The van der Waals surface area contributed by atoms with Gasteiger partial charge in [0.25, 0.3) is 0 Å². The van der Waals surface area contributed by atoms with Crippen LogP contribution in [0.25, 0.3) is 0 Å². The number of tetrazole rings is 1. The summed E-state index contributed by atoms with van der Waals surface area (Å²) in [6.45, 7) is 8.57. The van der Waals surface area contributed by atoms with Crippen molar-refractivity contribution < 1.29 is 4.39 Å². The van der Waals surface area contributed by atoms with Crippen LogP contribution < -0.4 is 0 Å². The largest absolute Gasteiger partial charge is 0.297 e. The summed E-state index contributed by atoms with van der Waals surface area (Å²) in [5.41, 5.74) is 1.05. The molecule has 0 amide bonds. The third-order valence-corrected chi connectivity index (χ3v) is 6.03. The highest BCUT2D eigenvalue weighted by molar-refractivity contribution is 5.25. The van der Waals surface area contributed by atoms with Crippen LogP contribution in [0.15, 0.2) is 36.9 Å². The molecule has 0 N–H and O–H groups in total. The average Bonchev–Trinajstić information content (AvgIpc) is 3.21. The first kappa shape index (κ1) is 19.2. The summed E-state index contributed by atoms with van der Waals surface area (Å²) in [6.07, 6.45) is 7.96. The van der Waals surface area contributed by atoms with Gasteiger partial charge in [-0.25, -0.2) is 9.07 Å². The summed E-state index contributed by atoms with van der Waals surface area (Å²) in [4.78, 5) is 4.83. The summed E-state index contributed by atoms with van der Waals surface area (Å²) in [7, 11) is 0. The van der Waals surface area contributed by atoms with Gasteiger partial charge in [0.05, 0.1) is 12.1 Å². The zero-order chi connectivity index (χ0) is 19.3. The van der Waals surface area contributed by atoms with Crippen molar-refractivity contribution in [2.24, 2.45) is 0 Å². The van der Waals surface area contributed by atoms with E-state index in [2.05, 4.69) is 31.9 Å². The number of halogens is 1. The summed E-state index contributed by atoms with van der Waals surface area (Å²) in [5, 5.41) is 12.9. The first-order chi connectivity index (χ1) is 13.8. The SMILES string of the molecule is C=CCN1CCN([C@H](c2ccc(F)cc2)c2nnnn2C2CCCCC2)CC1. The highest BCUT2D eigenvalue weighted by atomic mass is 19.1. The molecule has 0 unspecified atom stereocenters. The normalized spacial score (nSPS) is 20.9. The molecule has 2 aromatic rings.